The average Bonchev–Trinajstić information content (AvgIpc) is 3.50. The third-order valence-corrected chi connectivity index (χ3v) is 5.44. The molecular weight excluding hydrogens is 404 g/mol. The van der Waals surface area contributed by atoms with Crippen LogP contribution in [0.25, 0.3) is 11.3 Å². The number of methoxy groups -OCH3 is 1. The Morgan fingerprint density at radius 1 is 1.37 bits per heavy atom. The van der Waals surface area contributed by atoms with Crippen molar-refractivity contribution in [3.05, 3.63) is 36.0 Å². The van der Waals surface area contributed by atoms with Crippen molar-refractivity contribution >= 4 is 33.9 Å². The van der Waals surface area contributed by atoms with Crippen LogP contribution in [0.2, 0.25) is 0 Å². The Hall–Kier alpha value is -3.11. The zero-order valence-corrected chi connectivity index (χ0v) is 17.7. The van der Waals surface area contributed by atoms with Crippen molar-refractivity contribution in [2.24, 2.45) is 0 Å². The highest BCUT2D eigenvalue weighted by Gasteiger charge is 2.22. The molecule has 1 aliphatic heterocycles. The van der Waals surface area contributed by atoms with Crippen LogP contribution in [-0.2, 0) is 11.3 Å². The molecule has 30 heavy (non-hydrogen) atoms. The van der Waals surface area contributed by atoms with Gasteiger partial charge in [0, 0.05) is 48.6 Å². The maximum absolute atomic E-state index is 11.9. The van der Waals surface area contributed by atoms with Gasteiger partial charge in [-0.1, -0.05) is 0 Å². The maximum Gasteiger partial charge on any atom is 0.321 e. The van der Waals surface area contributed by atoms with Gasteiger partial charge >= 0.3 is 6.03 Å². The number of amides is 2. The van der Waals surface area contributed by atoms with E-state index in [0.717, 1.165) is 27.8 Å². The van der Waals surface area contributed by atoms with Gasteiger partial charge in [-0.3, -0.25) is 9.58 Å². The van der Waals surface area contributed by atoms with Gasteiger partial charge in [-0.05, 0) is 19.1 Å². The van der Waals surface area contributed by atoms with Crippen molar-refractivity contribution in [3.63, 3.8) is 0 Å². The van der Waals surface area contributed by atoms with E-state index in [9.17, 15) is 4.79 Å². The molecule has 2 N–H and O–H groups in total. The average molecular weight is 429 g/mol. The van der Waals surface area contributed by atoms with Crippen LogP contribution < -0.4 is 20.3 Å². The third-order valence-electron chi connectivity index (χ3n) is 4.69. The second-order valence-electron chi connectivity index (χ2n) is 6.62. The van der Waals surface area contributed by atoms with E-state index < -0.39 is 0 Å². The fourth-order valence-electron chi connectivity index (χ4n) is 3.21. The molecular formula is C20H24N6O3S. The molecule has 3 aromatic rings. The Bertz CT molecular complexity index is 1020. The fourth-order valence-corrected chi connectivity index (χ4v) is 3.94. The van der Waals surface area contributed by atoms with Crippen LogP contribution in [0.5, 0.6) is 5.75 Å². The predicted octanol–water partition coefficient (Wildman–Crippen LogP) is 3.32. The summed E-state index contributed by atoms with van der Waals surface area (Å²) in [4.78, 5) is 18.3. The molecule has 0 radical (unpaired) electrons. The van der Waals surface area contributed by atoms with E-state index in [4.69, 9.17) is 9.47 Å². The summed E-state index contributed by atoms with van der Waals surface area (Å²) in [6.45, 7) is 5.30. The summed E-state index contributed by atoms with van der Waals surface area (Å²) in [5, 5.41) is 13.2. The number of benzene rings is 1. The second-order valence-corrected chi connectivity index (χ2v) is 7.48. The summed E-state index contributed by atoms with van der Waals surface area (Å²) < 4.78 is 12.8. The standard InChI is InChI=1S/C20H24N6O3S/c1-3-29-9-8-25-12-14(11-22-25)23-19-24-17(13-30-19)16-5-4-15(10-18(16)28-2)26-7-6-21-20(26)27/h4-5,10-13H,3,6-9H2,1-2H3,(H,21,27)(H,23,24). The van der Waals surface area contributed by atoms with Crippen molar-refractivity contribution < 1.29 is 14.3 Å². The number of anilines is 3. The molecule has 3 heterocycles. The number of carbonyl (C=O) groups excluding carboxylic acids is 1. The highest BCUT2D eigenvalue weighted by Crippen LogP contribution is 2.36. The highest BCUT2D eigenvalue weighted by molar-refractivity contribution is 7.14. The van der Waals surface area contributed by atoms with E-state index in [0.29, 0.717) is 38.6 Å². The smallest absolute Gasteiger partial charge is 0.321 e. The van der Waals surface area contributed by atoms with Gasteiger partial charge < -0.3 is 20.1 Å². The molecule has 0 spiro atoms. The number of carbonyl (C=O) groups is 1. The van der Waals surface area contributed by atoms with E-state index in [-0.39, 0.29) is 6.03 Å². The molecule has 10 heteroatoms. The Balaban J connectivity index is 1.47. The quantitative estimate of drug-likeness (QED) is 0.508. The van der Waals surface area contributed by atoms with Crippen LogP contribution in [0.4, 0.5) is 21.3 Å². The van der Waals surface area contributed by atoms with Gasteiger partial charge in [0.2, 0.25) is 0 Å². The lowest BCUT2D eigenvalue weighted by molar-refractivity contribution is 0.136. The molecule has 0 aliphatic carbocycles. The van der Waals surface area contributed by atoms with Crippen molar-refractivity contribution in [2.75, 3.05) is 43.6 Å². The zero-order valence-electron chi connectivity index (χ0n) is 16.9. The molecule has 1 aliphatic rings. The number of ether oxygens (including phenoxy) is 2. The first-order valence-corrected chi connectivity index (χ1v) is 10.6. The van der Waals surface area contributed by atoms with Gasteiger partial charge in [-0.25, -0.2) is 9.78 Å². The van der Waals surface area contributed by atoms with Crippen molar-refractivity contribution in [3.8, 4) is 17.0 Å². The van der Waals surface area contributed by atoms with Crippen LogP contribution in [0.3, 0.4) is 0 Å². The fraction of sp³-hybridized carbons (Fsp3) is 0.350. The minimum absolute atomic E-state index is 0.0910. The van der Waals surface area contributed by atoms with Crippen molar-refractivity contribution in [2.45, 2.75) is 13.5 Å². The Kier molecular flexibility index (Phi) is 6.15. The molecule has 0 unspecified atom stereocenters. The molecule has 0 bridgehead atoms. The molecule has 158 valence electrons. The minimum Gasteiger partial charge on any atom is -0.496 e. The van der Waals surface area contributed by atoms with E-state index in [1.54, 1.807) is 18.2 Å². The summed E-state index contributed by atoms with van der Waals surface area (Å²) in [7, 11) is 1.62. The zero-order chi connectivity index (χ0) is 20.9. The van der Waals surface area contributed by atoms with Gasteiger partial charge in [0.25, 0.3) is 0 Å². The largest absolute Gasteiger partial charge is 0.496 e. The molecule has 0 saturated carbocycles. The Morgan fingerprint density at radius 2 is 2.27 bits per heavy atom. The van der Waals surface area contributed by atoms with Gasteiger partial charge in [0.15, 0.2) is 5.13 Å². The van der Waals surface area contributed by atoms with E-state index in [1.807, 2.05) is 41.4 Å². The highest BCUT2D eigenvalue weighted by atomic mass is 32.1. The normalized spacial score (nSPS) is 13.5. The van der Waals surface area contributed by atoms with Crippen LogP contribution in [-0.4, -0.2) is 54.2 Å². The van der Waals surface area contributed by atoms with Crippen LogP contribution >= 0.6 is 11.3 Å². The number of thiazole rings is 1. The van der Waals surface area contributed by atoms with Gasteiger partial charge in [-0.2, -0.15) is 5.10 Å². The second kappa shape index (κ2) is 9.14. The van der Waals surface area contributed by atoms with Crippen LogP contribution in [0, 0.1) is 0 Å². The number of hydrogen-bond donors (Lipinski definition) is 2. The number of aromatic nitrogens is 3. The number of hydrogen-bond acceptors (Lipinski definition) is 7. The number of rotatable bonds is 9. The molecule has 4 rings (SSSR count). The molecule has 1 fully saturated rings. The Labute approximate surface area is 178 Å². The first-order chi connectivity index (χ1) is 14.7. The van der Waals surface area contributed by atoms with Gasteiger partial charge in [0.1, 0.15) is 5.75 Å². The van der Waals surface area contributed by atoms with Crippen molar-refractivity contribution in [1.82, 2.24) is 20.1 Å². The number of urea groups is 1. The number of nitrogens with one attached hydrogen (secondary N) is 2. The monoisotopic (exact) mass is 428 g/mol. The summed E-state index contributed by atoms with van der Waals surface area (Å²) in [6.07, 6.45) is 3.69. The summed E-state index contributed by atoms with van der Waals surface area (Å²) >= 11 is 1.51. The molecule has 9 nitrogen and oxygen atoms in total. The molecule has 1 aromatic carbocycles. The lowest BCUT2D eigenvalue weighted by Crippen LogP contribution is -2.27. The molecule has 0 atom stereocenters. The molecule has 2 aromatic heterocycles. The Morgan fingerprint density at radius 3 is 3.03 bits per heavy atom. The van der Waals surface area contributed by atoms with E-state index in [1.165, 1.54) is 11.3 Å². The first-order valence-electron chi connectivity index (χ1n) is 9.74. The van der Waals surface area contributed by atoms with Crippen molar-refractivity contribution in [1.29, 1.82) is 0 Å². The lowest BCUT2D eigenvalue weighted by atomic mass is 10.1. The van der Waals surface area contributed by atoms with Gasteiger partial charge in [-0.15, -0.1) is 11.3 Å². The topological polar surface area (TPSA) is 93.5 Å². The molecule has 1 saturated heterocycles. The lowest BCUT2D eigenvalue weighted by Gasteiger charge is -2.16. The first kappa shape index (κ1) is 20.2. The van der Waals surface area contributed by atoms with E-state index >= 15 is 0 Å². The van der Waals surface area contributed by atoms with Crippen LogP contribution in [0.15, 0.2) is 36.0 Å². The maximum atomic E-state index is 11.9. The minimum atomic E-state index is -0.0910. The van der Waals surface area contributed by atoms with E-state index in [2.05, 4.69) is 20.7 Å². The third kappa shape index (κ3) is 4.39. The summed E-state index contributed by atoms with van der Waals surface area (Å²) in [6, 6.07) is 5.63. The summed E-state index contributed by atoms with van der Waals surface area (Å²) in [5.41, 5.74) is 3.35. The molecule has 2 amide bonds. The predicted molar refractivity (Wildman–Crippen MR) is 117 cm³/mol. The summed E-state index contributed by atoms with van der Waals surface area (Å²) in [5.74, 6) is 0.674. The van der Waals surface area contributed by atoms with Crippen LogP contribution in [0.1, 0.15) is 6.92 Å². The number of nitrogens with zero attached hydrogens (tertiary/aromatic N) is 4. The van der Waals surface area contributed by atoms with Gasteiger partial charge in [0.05, 0.1) is 37.8 Å². The SMILES string of the molecule is CCOCCn1cc(Nc2nc(-c3ccc(N4CCNC4=O)cc3OC)cs2)cn1.